The molecule has 2 unspecified atom stereocenters. The van der Waals surface area contributed by atoms with Crippen LogP contribution in [0, 0.1) is 5.92 Å². The molecule has 3 aromatic heterocycles. The number of nitrogens with one attached hydrogen (secondary N) is 1. The van der Waals surface area contributed by atoms with Crippen molar-refractivity contribution >= 4 is 34.2 Å². The number of ether oxygens (including phenoxy) is 1. The number of halogens is 1. The van der Waals surface area contributed by atoms with Gasteiger partial charge in [0.05, 0.1) is 12.6 Å². The van der Waals surface area contributed by atoms with Gasteiger partial charge in [-0.2, -0.15) is 4.98 Å². The van der Waals surface area contributed by atoms with E-state index in [1.54, 1.807) is 19.4 Å². The van der Waals surface area contributed by atoms with Crippen molar-refractivity contribution in [1.82, 2.24) is 19.9 Å². The second-order valence-corrected chi connectivity index (χ2v) is 9.71. The van der Waals surface area contributed by atoms with Crippen LogP contribution in [0.15, 0.2) is 30.7 Å². The minimum atomic E-state index is -1.06. The number of hydrogen-bond donors (Lipinski definition) is 1. The molecule has 2 saturated heterocycles. The number of alkyl halides is 1. The van der Waals surface area contributed by atoms with Crippen LogP contribution in [0.4, 0.5) is 27.8 Å². The molecule has 0 saturated carbocycles. The van der Waals surface area contributed by atoms with Crippen molar-refractivity contribution in [1.29, 1.82) is 0 Å². The lowest BCUT2D eigenvalue weighted by Gasteiger charge is -2.38. The zero-order chi connectivity index (χ0) is 23.8. The number of anilines is 4. The minimum absolute atomic E-state index is 0.221. The van der Waals surface area contributed by atoms with Gasteiger partial charge in [-0.1, -0.05) is 20.8 Å². The summed E-state index contributed by atoms with van der Waals surface area (Å²) in [5.41, 5.74) is 1.19. The predicted molar refractivity (Wildman–Crippen MR) is 133 cm³/mol. The van der Waals surface area contributed by atoms with Gasteiger partial charge in [-0.25, -0.2) is 19.3 Å². The van der Waals surface area contributed by atoms with Gasteiger partial charge in [-0.15, -0.1) is 0 Å². The van der Waals surface area contributed by atoms with Crippen LogP contribution < -0.4 is 15.1 Å². The maximum atomic E-state index is 14.4. The van der Waals surface area contributed by atoms with Crippen molar-refractivity contribution in [2.75, 3.05) is 48.4 Å². The second kappa shape index (κ2) is 9.29. The first-order valence-electron chi connectivity index (χ1n) is 12.0. The third-order valence-corrected chi connectivity index (χ3v) is 6.73. The van der Waals surface area contributed by atoms with E-state index in [2.05, 4.69) is 52.0 Å². The Hall–Kier alpha value is -3.07. The quantitative estimate of drug-likeness (QED) is 0.577. The minimum Gasteiger partial charge on any atom is -0.378 e. The molecule has 0 radical (unpaired) electrons. The summed E-state index contributed by atoms with van der Waals surface area (Å²) < 4.78 is 19.6. The molecule has 0 aromatic carbocycles. The van der Waals surface area contributed by atoms with Gasteiger partial charge in [0.25, 0.3) is 0 Å². The SMILES string of the molecule is COC1CCN(c2nccc(Nc3cc4c(C(C)C)cnc(N5CC(C)C5)c4cn3)n2)CC1F. The number of hydrogen-bond acceptors (Lipinski definition) is 8. The Morgan fingerprint density at radius 2 is 1.88 bits per heavy atom. The van der Waals surface area contributed by atoms with E-state index in [1.165, 1.54) is 5.56 Å². The van der Waals surface area contributed by atoms with Crippen molar-refractivity contribution in [3.63, 3.8) is 0 Å². The van der Waals surface area contributed by atoms with Crippen molar-refractivity contribution in [2.24, 2.45) is 5.92 Å². The molecule has 3 aromatic rings. The number of pyridine rings is 2. The summed E-state index contributed by atoms with van der Waals surface area (Å²) in [5, 5.41) is 5.53. The fourth-order valence-corrected chi connectivity index (χ4v) is 4.83. The van der Waals surface area contributed by atoms with E-state index >= 15 is 0 Å². The first kappa shape index (κ1) is 22.7. The second-order valence-electron chi connectivity index (χ2n) is 9.71. The molecule has 5 heterocycles. The van der Waals surface area contributed by atoms with Crippen LogP contribution in [0.3, 0.4) is 0 Å². The van der Waals surface area contributed by atoms with Crippen LogP contribution in [0.5, 0.6) is 0 Å². The molecule has 9 heteroatoms. The number of aromatic nitrogens is 4. The summed E-state index contributed by atoms with van der Waals surface area (Å²) in [4.78, 5) is 22.6. The molecular formula is C25H32FN7O. The van der Waals surface area contributed by atoms with Gasteiger partial charge in [-0.05, 0) is 41.3 Å². The van der Waals surface area contributed by atoms with E-state index in [0.29, 0.717) is 42.4 Å². The molecule has 2 aliphatic rings. The lowest BCUT2D eigenvalue weighted by molar-refractivity contribution is 0.0194. The Bertz CT molecular complexity index is 1170. The van der Waals surface area contributed by atoms with E-state index < -0.39 is 6.17 Å². The van der Waals surface area contributed by atoms with Crippen LogP contribution in [0.25, 0.3) is 10.8 Å². The zero-order valence-electron chi connectivity index (χ0n) is 20.2. The van der Waals surface area contributed by atoms with Crippen LogP contribution in [-0.4, -0.2) is 65.5 Å². The normalized spacial score (nSPS) is 21.2. The molecule has 180 valence electrons. The Morgan fingerprint density at radius 1 is 1.06 bits per heavy atom. The molecule has 2 atom stereocenters. The third kappa shape index (κ3) is 4.36. The highest BCUT2D eigenvalue weighted by Crippen LogP contribution is 2.35. The van der Waals surface area contributed by atoms with E-state index in [9.17, 15) is 4.39 Å². The zero-order valence-corrected chi connectivity index (χ0v) is 20.2. The molecule has 8 nitrogen and oxygen atoms in total. The Morgan fingerprint density at radius 3 is 2.59 bits per heavy atom. The largest absolute Gasteiger partial charge is 0.378 e. The number of methoxy groups -OCH3 is 1. The highest BCUT2D eigenvalue weighted by atomic mass is 19.1. The highest BCUT2D eigenvalue weighted by Gasteiger charge is 2.30. The summed E-state index contributed by atoms with van der Waals surface area (Å²) in [6.45, 7) is 9.53. The lowest BCUT2D eigenvalue weighted by atomic mass is 9.97. The van der Waals surface area contributed by atoms with E-state index in [0.717, 1.165) is 29.7 Å². The molecule has 5 rings (SSSR count). The summed E-state index contributed by atoms with van der Waals surface area (Å²) in [5.74, 6) is 3.86. The maximum absolute atomic E-state index is 14.4. The van der Waals surface area contributed by atoms with E-state index in [-0.39, 0.29) is 12.6 Å². The van der Waals surface area contributed by atoms with Crippen LogP contribution in [0.2, 0.25) is 0 Å². The predicted octanol–water partition coefficient (Wildman–Crippen LogP) is 4.31. The van der Waals surface area contributed by atoms with E-state index in [4.69, 9.17) is 9.72 Å². The maximum Gasteiger partial charge on any atom is 0.227 e. The van der Waals surface area contributed by atoms with Crippen LogP contribution in [-0.2, 0) is 4.74 Å². The number of fused-ring (bicyclic) bond motifs is 1. The van der Waals surface area contributed by atoms with Crippen LogP contribution >= 0.6 is 0 Å². The highest BCUT2D eigenvalue weighted by molar-refractivity contribution is 5.96. The van der Waals surface area contributed by atoms with Gasteiger partial charge >= 0.3 is 0 Å². The molecule has 2 aliphatic heterocycles. The first-order valence-corrected chi connectivity index (χ1v) is 12.0. The van der Waals surface area contributed by atoms with Crippen molar-refractivity contribution < 1.29 is 9.13 Å². The molecule has 1 N–H and O–H groups in total. The fourth-order valence-electron chi connectivity index (χ4n) is 4.83. The first-order chi connectivity index (χ1) is 16.4. The average Bonchev–Trinajstić information content (AvgIpc) is 2.81. The van der Waals surface area contributed by atoms with Crippen molar-refractivity contribution in [3.8, 4) is 0 Å². The topological polar surface area (TPSA) is 79.3 Å². The molecular weight excluding hydrogens is 433 g/mol. The average molecular weight is 466 g/mol. The number of piperidine rings is 1. The molecule has 0 bridgehead atoms. The third-order valence-electron chi connectivity index (χ3n) is 6.73. The molecule has 34 heavy (non-hydrogen) atoms. The summed E-state index contributed by atoms with van der Waals surface area (Å²) in [6, 6.07) is 3.87. The molecule has 0 aliphatic carbocycles. The van der Waals surface area contributed by atoms with Crippen molar-refractivity contribution in [3.05, 3.63) is 36.3 Å². The number of rotatable bonds is 6. The van der Waals surface area contributed by atoms with Gasteiger partial charge in [0, 0.05) is 50.7 Å². The summed E-state index contributed by atoms with van der Waals surface area (Å²) in [6.07, 6.45) is 4.76. The molecule has 0 spiro atoms. The van der Waals surface area contributed by atoms with Gasteiger partial charge in [0.15, 0.2) is 0 Å². The van der Waals surface area contributed by atoms with Gasteiger partial charge in [0.2, 0.25) is 5.95 Å². The molecule has 2 fully saturated rings. The molecule has 0 amide bonds. The Balaban J connectivity index is 1.41. The number of nitrogens with zero attached hydrogens (tertiary/aromatic N) is 6. The summed E-state index contributed by atoms with van der Waals surface area (Å²) in [7, 11) is 1.55. The fraction of sp³-hybridized carbons (Fsp3) is 0.520. The van der Waals surface area contributed by atoms with Gasteiger partial charge < -0.3 is 19.9 Å². The standard InChI is InChI=1S/C25H32FN7O/c1-15(2)18-10-29-24(33-12-16(3)13-33)19-11-28-23(9-17(18)19)30-22-5-7-27-25(31-22)32-8-6-21(34-4)20(26)14-32/h5,7,9-11,15-16,20-21H,6,8,12-14H2,1-4H3,(H,27,28,30,31). The summed E-state index contributed by atoms with van der Waals surface area (Å²) >= 11 is 0. The van der Waals surface area contributed by atoms with Crippen molar-refractivity contribution in [2.45, 2.75) is 45.4 Å². The van der Waals surface area contributed by atoms with Gasteiger partial charge in [0.1, 0.15) is 23.6 Å². The van der Waals surface area contributed by atoms with Gasteiger partial charge in [-0.3, -0.25) is 0 Å². The lowest BCUT2D eigenvalue weighted by Crippen LogP contribution is -2.46. The van der Waals surface area contributed by atoms with Crippen LogP contribution in [0.1, 0.15) is 38.7 Å². The van der Waals surface area contributed by atoms with E-state index in [1.807, 2.05) is 17.3 Å². The smallest absolute Gasteiger partial charge is 0.227 e. The Labute approximate surface area is 199 Å². The Kier molecular flexibility index (Phi) is 6.20. The monoisotopic (exact) mass is 465 g/mol.